The number of anilines is 1. The summed E-state index contributed by atoms with van der Waals surface area (Å²) in [6.45, 7) is 4.27. The summed E-state index contributed by atoms with van der Waals surface area (Å²) in [6, 6.07) is 16.9. The molecular formula is C29H27ClN2O3S. The van der Waals surface area contributed by atoms with Gasteiger partial charge in [0.05, 0.1) is 28.9 Å². The van der Waals surface area contributed by atoms with Crippen LogP contribution in [0, 0.1) is 5.92 Å². The third kappa shape index (κ3) is 4.75. The van der Waals surface area contributed by atoms with Crippen molar-refractivity contribution in [2.75, 3.05) is 11.9 Å². The molecule has 184 valence electrons. The number of esters is 1. The van der Waals surface area contributed by atoms with Gasteiger partial charge in [-0.1, -0.05) is 55.3 Å². The summed E-state index contributed by atoms with van der Waals surface area (Å²) < 4.78 is 5.39. The Morgan fingerprint density at radius 2 is 1.94 bits per heavy atom. The molecule has 0 radical (unpaired) electrons. The lowest BCUT2D eigenvalue weighted by atomic mass is 9.85. The number of halogens is 1. The quantitative estimate of drug-likeness (QED) is 0.267. The standard InChI is InChI=1S/C29H27ClN2O3S/c1-3-17-10-12-20-25(14-17)36-28(26(20)29(34)35-4-2)32-27(33)22-16-24(18-8-6-5-7-9-18)31-23-13-11-19(30)15-21(22)23/h5-9,11,13,15-17H,3-4,10,12,14H2,1-2H3,(H,32,33)/t17-/m1/s1. The summed E-state index contributed by atoms with van der Waals surface area (Å²) in [7, 11) is 0. The lowest BCUT2D eigenvalue weighted by Crippen LogP contribution is -2.17. The number of hydrogen-bond acceptors (Lipinski definition) is 5. The summed E-state index contributed by atoms with van der Waals surface area (Å²) >= 11 is 7.78. The highest BCUT2D eigenvalue weighted by atomic mass is 35.5. The number of benzene rings is 2. The maximum absolute atomic E-state index is 13.8. The number of nitrogens with one attached hydrogen (secondary N) is 1. The molecule has 7 heteroatoms. The van der Waals surface area contributed by atoms with Crippen molar-refractivity contribution >= 4 is 50.7 Å². The molecule has 0 saturated carbocycles. The summed E-state index contributed by atoms with van der Waals surface area (Å²) in [5, 5.41) is 4.78. The molecule has 0 aliphatic heterocycles. The monoisotopic (exact) mass is 518 g/mol. The van der Waals surface area contributed by atoms with E-state index >= 15 is 0 Å². The van der Waals surface area contributed by atoms with Gasteiger partial charge < -0.3 is 10.1 Å². The van der Waals surface area contributed by atoms with Crippen molar-refractivity contribution in [3.05, 3.63) is 81.2 Å². The van der Waals surface area contributed by atoms with Crippen LogP contribution in [0.2, 0.25) is 5.02 Å². The zero-order valence-electron chi connectivity index (χ0n) is 20.3. The number of nitrogens with zero attached hydrogens (tertiary/aromatic N) is 1. The summed E-state index contributed by atoms with van der Waals surface area (Å²) in [5.41, 5.74) is 4.25. The molecule has 2 heterocycles. The van der Waals surface area contributed by atoms with Gasteiger partial charge >= 0.3 is 5.97 Å². The SMILES string of the molecule is CCOC(=O)c1c(NC(=O)c2cc(-c3ccccc3)nc3ccc(Cl)cc23)sc2c1CC[C@@H](CC)C2. The molecule has 5 rings (SSSR count). The predicted molar refractivity (Wildman–Crippen MR) is 146 cm³/mol. The van der Waals surface area contributed by atoms with Crippen LogP contribution in [0.15, 0.2) is 54.6 Å². The fourth-order valence-electron chi connectivity index (χ4n) is 4.82. The molecular weight excluding hydrogens is 492 g/mol. The Labute approximate surface area is 219 Å². The zero-order chi connectivity index (χ0) is 25.2. The Hall–Kier alpha value is -3.22. The van der Waals surface area contributed by atoms with Gasteiger partial charge in [-0.2, -0.15) is 0 Å². The van der Waals surface area contributed by atoms with Crippen LogP contribution in [-0.2, 0) is 17.6 Å². The molecule has 1 aliphatic carbocycles. The first-order valence-corrected chi connectivity index (χ1v) is 13.5. The Bertz CT molecular complexity index is 1450. The van der Waals surface area contributed by atoms with Crippen molar-refractivity contribution in [1.29, 1.82) is 0 Å². The number of rotatable bonds is 6. The molecule has 0 unspecified atom stereocenters. The molecule has 1 N–H and O–H groups in total. The Morgan fingerprint density at radius 1 is 1.14 bits per heavy atom. The average molecular weight is 519 g/mol. The number of amides is 1. The predicted octanol–water partition coefficient (Wildman–Crippen LogP) is 7.56. The number of aromatic nitrogens is 1. The Morgan fingerprint density at radius 3 is 2.69 bits per heavy atom. The van der Waals surface area contributed by atoms with Crippen molar-refractivity contribution < 1.29 is 14.3 Å². The highest BCUT2D eigenvalue weighted by molar-refractivity contribution is 7.17. The Balaban J connectivity index is 1.59. The number of carbonyl (C=O) groups is 2. The first-order valence-electron chi connectivity index (χ1n) is 12.3. The molecule has 5 nitrogen and oxygen atoms in total. The van der Waals surface area contributed by atoms with Gasteiger partial charge in [0.1, 0.15) is 5.00 Å². The van der Waals surface area contributed by atoms with Crippen LogP contribution >= 0.6 is 22.9 Å². The third-order valence-corrected chi connectivity index (χ3v) is 8.14. The van der Waals surface area contributed by atoms with Crippen molar-refractivity contribution in [2.24, 2.45) is 5.92 Å². The van der Waals surface area contributed by atoms with E-state index in [2.05, 4.69) is 12.2 Å². The van der Waals surface area contributed by atoms with Crippen LogP contribution in [0.25, 0.3) is 22.2 Å². The van der Waals surface area contributed by atoms with E-state index in [0.29, 0.717) is 43.7 Å². The van der Waals surface area contributed by atoms with Crippen molar-refractivity contribution in [3.8, 4) is 11.3 Å². The van der Waals surface area contributed by atoms with Gasteiger partial charge in [-0.3, -0.25) is 4.79 Å². The van der Waals surface area contributed by atoms with E-state index in [-0.39, 0.29) is 18.5 Å². The number of thiophene rings is 1. The van der Waals surface area contributed by atoms with Crippen molar-refractivity contribution in [1.82, 2.24) is 4.98 Å². The largest absolute Gasteiger partial charge is 0.462 e. The first-order chi connectivity index (χ1) is 17.5. The highest BCUT2D eigenvalue weighted by Gasteiger charge is 2.30. The highest BCUT2D eigenvalue weighted by Crippen LogP contribution is 2.41. The van der Waals surface area contributed by atoms with Crippen LogP contribution in [0.5, 0.6) is 0 Å². The smallest absolute Gasteiger partial charge is 0.341 e. The van der Waals surface area contributed by atoms with Gasteiger partial charge in [0.25, 0.3) is 5.91 Å². The molecule has 1 aliphatic rings. The van der Waals surface area contributed by atoms with Crippen LogP contribution in [0.1, 0.15) is 57.8 Å². The van der Waals surface area contributed by atoms with Gasteiger partial charge in [-0.25, -0.2) is 9.78 Å². The van der Waals surface area contributed by atoms with E-state index in [0.717, 1.165) is 36.8 Å². The van der Waals surface area contributed by atoms with Gasteiger partial charge in [0.2, 0.25) is 0 Å². The molecule has 1 atom stereocenters. The second-order valence-electron chi connectivity index (χ2n) is 8.98. The van der Waals surface area contributed by atoms with E-state index in [1.165, 1.54) is 16.2 Å². The molecule has 0 spiro atoms. The molecule has 1 amide bonds. The number of pyridine rings is 1. The minimum absolute atomic E-state index is 0.280. The lowest BCUT2D eigenvalue weighted by molar-refractivity contribution is 0.0526. The normalized spacial score (nSPS) is 14.9. The van der Waals surface area contributed by atoms with Crippen molar-refractivity contribution in [2.45, 2.75) is 39.5 Å². The maximum atomic E-state index is 13.8. The number of hydrogen-bond donors (Lipinski definition) is 1. The Kier molecular flexibility index (Phi) is 7.08. The van der Waals surface area contributed by atoms with Crippen molar-refractivity contribution in [3.63, 3.8) is 0 Å². The summed E-state index contributed by atoms with van der Waals surface area (Å²) in [5.74, 6) is -0.0969. The second kappa shape index (κ2) is 10.4. The fraction of sp³-hybridized carbons (Fsp3) is 0.276. The number of fused-ring (bicyclic) bond motifs is 2. The van der Waals surface area contributed by atoms with Crippen LogP contribution in [0.3, 0.4) is 0 Å². The molecule has 36 heavy (non-hydrogen) atoms. The molecule has 2 aromatic heterocycles. The van der Waals surface area contributed by atoms with Crippen LogP contribution < -0.4 is 5.32 Å². The lowest BCUT2D eigenvalue weighted by Gasteiger charge is -2.20. The number of carbonyl (C=O) groups excluding carboxylic acids is 2. The van der Waals surface area contributed by atoms with Crippen LogP contribution in [0.4, 0.5) is 5.00 Å². The summed E-state index contributed by atoms with van der Waals surface area (Å²) in [6.07, 6.45) is 3.87. The molecule has 4 aromatic rings. The van der Waals surface area contributed by atoms with Gasteiger partial charge in [0, 0.05) is 20.8 Å². The maximum Gasteiger partial charge on any atom is 0.341 e. The van der Waals surface area contributed by atoms with E-state index in [1.54, 1.807) is 25.1 Å². The van der Waals surface area contributed by atoms with Gasteiger partial charge in [-0.05, 0) is 61.9 Å². The molecule has 0 bridgehead atoms. The third-order valence-electron chi connectivity index (χ3n) is 6.74. The minimum atomic E-state index is -0.382. The number of ether oxygens (including phenoxy) is 1. The molecule has 0 saturated heterocycles. The first kappa shape index (κ1) is 24.5. The average Bonchev–Trinajstić information content (AvgIpc) is 3.25. The van der Waals surface area contributed by atoms with E-state index in [4.69, 9.17) is 21.3 Å². The zero-order valence-corrected chi connectivity index (χ0v) is 21.8. The van der Waals surface area contributed by atoms with E-state index < -0.39 is 0 Å². The van der Waals surface area contributed by atoms with Gasteiger partial charge in [-0.15, -0.1) is 11.3 Å². The molecule has 0 fully saturated rings. The van der Waals surface area contributed by atoms with Crippen LogP contribution in [-0.4, -0.2) is 23.5 Å². The minimum Gasteiger partial charge on any atom is -0.462 e. The summed E-state index contributed by atoms with van der Waals surface area (Å²) in [4.78, 5) is 32.7. The van der Waals surface area contributed by atoms with Gasteiger partial charge in [0.15, 0.2) is 0 Å². The van der Waals surface area contributed by atoms with E-state index in [1.807, 2.05) is 36.4 Å². The molecule has 2 aromatic carbocycles. The fourth-order valence-corrected chi connectivity index (χ4v) is 6.34. The van der Waals surface area contributed by atoms with E-state index in [9.17, 15) is 9.59 Å². The topological polar surface area (TPSA) is 68.3 Å². The second-order valence-corrected chi connectivity index (χ2v) is 10.5.